The summed E-state index contributed by atoms with van der Waals surface area (Å²) in [5.41, 5.74) is 0.555. The van der Waals surface area contributed by atoms with Crippen molar-refractivity contribution in [3.63, 3.8) is 0 Å². The van der Waals surface area contributed by atoms with E-state index in [2.05, 4.69) is 23.6 Å². The molecule has 0 radical (unpaired) electrons. The van der Waals surface area contributed by atoms with Gasteiger partial charge in [0.2, 0.25) is 0 Å². The van der Waals surface area contributed by atoms with Crippen LogP contribution < -0.4 is 0 Å². The van der Waals surface area contributed by atoms with Crippen molar-refractivity contribution < 1.29 is 17.6 Å². The van der Waals surface area contributed by atoms with E-state index in [1.165, 1.54) is 0 Å². The maximum Gasteiger partial charge on any atom is 0.257 e. The van der Waals surface area contributed by atoms with Crippen LogP contribution in [0.1, 0.15) is 35.7 Å². The first kappa shape index (κ1) is 19.4. The van der Waals surface area contributed by atoms with E-state index in [-0.39, 0.29) is 29.5 Å². The Morgan fingerprint density at radius 2 is 1.88 bits per heavy atom. The molecule has 0 bridgehead atoms. The van der Waals surface area contributed by atoms with Crippen molar-refractivity contribution in [1.82, 2.24) is 14.7 Å². The molecular weight excluding hydrogens is 354 g/mol. The zero-order chi connectivity index (χ0) is 19.1. The number of carbonyl (C=O) groups excluding carboxylic acids is 1. The number of amides is 1. The van der Waals surface area contributed by atoms with Crippen molar-refractivity contribution >= 4 is 15.7 Å². The molecule has 0 aromatic carbocycles. The number of likely N-dealkylation sites (N-methyl/N-ethyl adjacent to an activating group) is 1. The number of piperazine rings is 1. The zero-order valence-corrected chi connectivity index (χ0v) is 16.9. The number of sulfone groups is 1. The number of fused-ring (bicyclic) bond motifs is 1. The molecule has 0 saturated carbocycles. The van der Waals surface area contributed by atoms with Crippen molar-refractivity contribution in [3.05, 3.63) is 23.2 Å². The summed E-state index contributed by atoms with van der Waals surface area (Å²) in [6.45, 7) is 9.72. The molecule has 7 nitrogen and oxygen atoms in total. The summed E-state index contributed by atoms with van der Waals surface area (Å²) in [7, 11) is -1.17. The van der Waals surface area contributed by atoms with Crippen LogP contribution in [0.4, 0.5) is 0 Å². The number of aryl methyl sites for hydroxylation is 1. The van der Waals surface area contributed by atoms with Crippen LogP contribution in [0.25, 0.3) is 0 Å². The van der Waals surface area contributed by atoms with Gasteiger partial charge in [-0.2, -0.15) is 0 Å². The van der Waals surface area contributed by atoms with E-state index in [0.29, 0.717) is 31.0 Å². The summed E-state index contributed by atoms with van der Waals surface area (Å²) in [5, 5.41) is 0. The van der Waals surface area contributed by atoms with Gasteiger partial charge in [-0.15, -0.1) is 0 Å². The third-order valence-corrected chi connectivity index (χ3v) is 7.39. The minimum atomic E-state index is -3.10. The Balaban J connectivity index is 1.82. The summed E-state index contributed by atoms with van der Waals surface area (Å²) in [6.07, 6.45) is 0. The average molecular weight is 384 g/mol. The highest BCUT2D eigenvalue weighted by molar-refractivity contribution is 7.91. The fraction of sp³-hybridized carbons (Fsp3) is 0.722. The number of furan rings is 1. The van der Waals surface area contributed by atoms with Gasteiger partial charge in [-0.3, -0.25) is 14.6 Å². The number of carbonyl (C=O) groups is 1. The van der Waals surface area contributed by atoms with Gasteiger partial charge < -0.3 is 9.32 Å². The van der Waals surface area contributed by atoms with Crippen molar-refractivity contribution in [2.45, 2.75) is 39.4 Å². The van der Waals surface area contributed by atoms with Gasteiger partial charge in [-0.1, -0.05) is 13.8 Å². The molecule has 3 rings (SSSR count). The van der Waals surface area contributed by atoms with Crippen LogP contribution >= 0.6 is 0 Å². The Labute approximate surface area is 155 Å². The van der Waals surface area contributed by atoms with Crippen LogP contribution in [0, 0.1) is 6.92 Å². The molecule has 26 heavy (non-hydrogen) atoms. The maximum atomic E-state index is 13.2. The van der Waals surface area contributed by atoms with Crippen LogP contribution in [-0.2, 0) is 16.4 Å². The zero-order valence-electron chi connectivity index (χ0n) is 16.1. The van der Waals surface area contributed by atoms with Gasteiger partial charge in [-0.05, 0) is 33.1 Å². The van der Waals surface area contributed by atoms with Crippen molar-refractivity contribution in [2.75, 3.05) is 44.7 Å². The second-order valence-electron chi connectivity index (χ2n) is 7.33. The summed E-state index contributed by atoms with van der Waals surface area (Å²) in [5.74, 6) is 1.46. The lowest BCUT2D eigenvalue weighted by molar-refractivity contribution is 0.0408. The van der Waals surface area contributed by atoms with E-state index in [0.717, 1.165) is 18.8 Å². The molecule has 2 aliphatic heterocycles. The molecule has 8 heteroatoms. The first-order valence-corrected chi connectivity index (χ1v) is 11.1. The molecule has 0 N–H and O–H groups in total. The third-order valence-electron chi connectivity index (χ3n) is 5.69. The Kier molecular flexibility index (Phi) is 5.46. The monoisotopic (exact) mass is 383 g/mol. The predicted molar refractivity (Wildman–Crippen MR) is 100.0 cm³/mol. The highest BCUT2D eigenvalue weighted by Gasteiger charge is 2.47. The van der Waals surface area contributed by atoms with Crippen molar-refractivity contribution in [2.24, 2.45) is 0 Å². The summed E-state index contributed by atoms with van der Waals surface area (Å²) >= 11 is 0. The van der Waals surface area contributed by atoms with Crippen LogP contribution in [0.3, 0.4) is 0 Å². The topological polar surface area (TPSA) is 74.1 Å². The summed E-state index contributed by atoms with van der Waals surface area (Å²) in [4.78, 5) is 19.2. The SMILES string of the molecule is CCN(CC)Cc1cc(C(=O)N2CCN(C)[C@@H]3CS(=O)(=O)C[C@@H]32)c(C)o1. The number of nitrogens with zero attached hydrogens (tertiary/aromatic N) is 3. The number of hydrogen-bond donors (Lipinski definition) is 0. The van der Waals surface area contributed by atoms with Gasteiger partial charge in [0.25, 0.3) is 5.91 Å². The Bertz CT molecular complexity index is 769. The first-order valence-electron chi connectivity index (χ1n) is 9.29. The normalized spacial score (nSPS) is 25.7. The summed E-state index contributed by atoms with van der Waals surface area (Å²) < 4.78 is 30.1. The lowest BCUT2D eigenvalue weighted by atomic mass is 10.0. The maximum absolute atomic E-state index is 13.2. The van der Waals surface area contributed by atoms with E-state index in [4.69, 9.17) is 4.42 Å². The van der Waals surface area contributed by atoms with Gasteiger partial charge in [0, 0.05) is 19.1 Å². The van der Waals surface area contributed by atoms with E-state index in [1.807, 2.05) is 13.1 Å². The molecule has 1 aromatic heterocycles. The van der Waals surface area contributed by atoms with Gasteiger partial charge >= 0.3 is 0 Å². The molecule has 2 fully saturated rings. The molecular formula is C18H29N3O4S. The van der Waals surface area contributed by atoms with Gasteiger partial charge in [-0.25, -0.2) is 8.42 Å². The van der Waals surface area contributed by atoms with Crippen molar-refractivity contribution in [1.29, 1.82) is 0 Å². The molecule has 2 aliphatic rings. The van der Waals surface area contributed by atoms with E-state index in [9.17, 15) is 13.2 Å². The molecule has 0 aliphatic carbocycles. The molecule has 2 saturated heterocycles. The Morgan fingerprint density at radius 3 is 2.54 bits per heavy atom. The number of hydrogen-bond acceptors (Lipinski definition) is 6. The second-order valence-corrected chi connectivity index (χ2v) is 9.49. The van der Waals surface area contributed by atoms with Crippen LogP contribution in [-0.4, -0.2) is 85.8 Å². The minimum absolute atomic E-state index is 0.0525. The standard InChI is InChI=1S/C18H29N3O4S/c1-5-20(6-2)10-14-9-15(13(3)25-14)18(22)21-8-7-19(4)16-11-26(23,24)12-17(16)21/h9,16-17H,5-8,10-12H2,1-4H3/t16-,17+/m1/s1. The highest BCUT2D eigenvalue weighted by atomic mass is 32.2. The van der Waals surface area contributed by atoms with Gasteiger partial charge in [0.1, 0.15) is 11.5 Å². The first-order chi connectivity index (χ1) is 12.3. The Hall–Kier alpha value is -1.38. The molecule has 3 heterocycles. The molecule has 0 unspecified atom stereocenters. The summed E-state index contributed by atoms with van der Waals surface area (Å²) in [6, 6.07) is 1.44. The molecule has 1 aromatic rings. The number of rotatable bonds is 5. The molecule has 2 atom stereocenters. The van der Waals surface area contributed by atoms with Gasteiger partial charge in [0.05, 0.1) is 29.7 Å². The fourth-order valence-electron chi connectivity index (χ4n) is 4.03. The Morgan fingerprint density at radius 1 is 1.23 bits per heavy atom. The van der Waals surface area contributed by atoms with Crippen LogP contribution in [0.5, 0.6) is 0 Å². The lowest BCUT2D eigenvalue weighted by Crippen LogP contribution is -2.59. The molecule has 1 amide bonds. The quantitative estimate of drug-likeness (QED) is 0.755. The molecule has 0 spiro atoms. The van der Waals surface area contributed by atoms with Crippen LogP contribution in [0.15, 0.2) is 10.5 Å². The largest absolute Gasteiger partial charge is 0.464 e. The second kappa shape index (κ2) is 7.32. The van der Waals surface area contributed by atoms with Crippen molar-refractivity contribution in [3.8, 4) is 0 Å². The average Bonchev–Trinajstić information content (AvgIpc) is 3.11. The predicted octanol–water partition coefficient (Wildman–Crippen LogP) is 0.983. The van der Waals surface area contributed by atoms with Gasteiger partial charge in [0.15, 0.2) is 9.84 Å². The molecule has 146 valence electrons. The third kappa shape index (κ3) is 3.68. The van der Waals surface area contributed by atoms with E-state index >= 15 is 0 Å². The van der Waals surface area contributed by atoms with E-state index < -0.39 is 9.84 Å². The highest BCUT2D eigenvalue weighted by Crippen LogP contribution is 2.28. The smallest absolute Gasteiger partial charge is 0.257 e. The van der Waals surface area contributed by atoms with Crippen LogP contribution in [0.2, 0.25) is 0 Å². The minimum Gasteiger partial charge on any atom is -0.464 e. The lowest BCUT2D eigenvalue weighted by Gasteiger charge is -2.42. The fourth-order valence-corrected chi connectivity index (χ4v) is 6.09. The van der Waals surface area contributed by atoms with E-state index in [1.54, 1.807) is 11.8 Å².